The van der Waals surface area contributed by atoms with Gasteiger partial charge in [0.2, 0.25) is 5.91 Å². The fourth-order valence-corrected chi connectivity index (χ4v) is 4.82. The quantitative estimate of drug-likeness (QED) is 0.833. The number of nitrogens with zero attached hydrogens (tertiary/aromatic N) is 2. The van der Waals surface area contributed by atoms with Crippen LogP contribution in [0.4, 0.5) is 0 Å². The van der Waals surface area contributed by atoms with Crippen LogP contribution in [0.25, 0.3) is 0 Å². The molecule has 2 aliphatic heterocycles. The number of amides is 1. The number of allylic oxidation sites excluding steroid dienone is 2. The van der Waals surface area contributed by atoms with Crippen LogP contribution in [0.5, 0.6) is 5.75 Å². The molecular weight excluding hydrogens is 368 g/mol. The van der Waals surface area contributed by atoms with Crippen molar-refractivity contribution in [2.75, 3.05) is 26.3 Å². The third-order valence-corrected chi connectivity index (χ3v) is 6.12. The van der Waals surface area contributed by atoms with Gasteiger partial charge in [-0.25, -0.2) is 0 Å². The third kappa shape index (κ3) is 3.73. The highest BCUT2D eigenvalue weighted by Crippen LogP contribution is 2.48. The van der Waals surface area contributed by atoms with Gasteiger partial charge >= 0.3 is 0 Å². The van der Waals surface area contributed by atoms with Gasteiger partial charge in [-0.3, -0.25) is 14.6 Å². The molecule has 3 aliphatic rings. The van der Waals surface area contributed by atoms with Crippen molar-refractivity contribution in [3.05, 3.63) is 41.1 Å². The molecule has 4 rings (SSSR count). The molecule has 2 atom stereocenters. The van der Waals surface area contributed by atoms with Crippen LogP contribution in [0.3, 0.4) is 0 Å². The van der Waals surface area contributed by atoms with E-state index in [1.165, 1.54) is 0 Å². The Bertz CT molecular complexity index is 909. The first-order valence-corrected chi connectivity index (χ1v) is 10.2. The Morgan fingerprint density at radius 3 is 2.66 bits per heavy atom. The van der Waals surface area contributed by atoms with Gasteiger partial charge in [0.15, 0.2) is 5.78 Å². The lowest BCUT2D eigenvalue weighted by Gasteiger charge is -2.41. The molecule has 6 heteroatoms. The predicted molar refractivity (Wildman–Crippen MR) is 110 cm³/mol. The summed E-state index contributed by atoms with van der Waals surface area (Å²) < 4.78 is 5.40. The van der Waals surface area contributed by atoms with Crippen LogP contribution in [0.15, 0.2) is 40.5 Å². The monoisotopic (exact) mass is 396 g/mol. The number of morpholine rings is 1. The Balaban J connectivity index is 1.83. The van der Waals surface area contributed by atoms with Gasteiger partial charge < -0.3 is 14.7 Å². The van der Waals surface area contributed by atoms with Crippen molar-refractivity contribution in [3.63, 3.8) is 0 Å². The zero-order valence-electron chi connectivity index (χ0n) is 17.3. The number of phenols is 1. The molecule has 1 saturated heterocycles. The van der Waals surface area contributed by atoms with Crippen molar-refractivity contribution >= 4 is 17.4 Å². The van der Waals surface area contributed by atoms with Crippen molar-refractivity contribution in [1.82, 2.24) is 4.90 Å². The maximum Gasteiger partial charge on any atom is 0.232 e. The molecule has 1 aromatic rings. The molecule has 29 heavy (non-hydrogen) atoms. The van der Waals surface area contributed by atoms with E-state index >= 15 is 0 Å². The predicted octanol–water partition coefficient (Wildman–Crippen LogP) is 3.07. The maximum absolute atomic E-state index is 13.5. The molecule has 2 heterocycles. The van der Waals surface area contributed by atoms with Gasteiger partial charge in [-0.2, -0.15) is 0 Å². The first-order valence-electron chi connectivity index (χ1n) is 10.2. The van der Waals surface area contributed by atoms with Crippen LogP contribution in [0, 0.1) is 11.3 Å². The van der Waals surface area contributed by atoms with Crippen LogP contribution in [0.1, 0.15) is 45.1 Å². The molecule has 154 valence electrons. The van der Waals surface area contributed by atoms with Crippen molar-refractivity contribution in [2.24, 2.45) is 16.3 Å². The Hall–Kier alpha value is -2.47. The largest absolute Gasteiger partial charge is 0.508 e. The average molecular weight is 396 g/mol. The fourth-order valence-electron chi connectivity index (χ4n) is 4.82. The smallest absolute Gasteiger partial charge is 0.232 e. The van der Waals surface area contributed by atoms with Gasteiger partial charge in [0.05, 0.1) is 19.1 Å². The minimum atomic E-state index is -0.543. The zero-order chi connectivity index (χ0) is 20.8. The summed E-state index contributed by atoms with van der Waals surface area (Å²) in [5.74, 6) is -0.800. The van der Waals surface area contributed by atoms with E-state index < -0.39 is 11.8 Å². The Labute approximate surface area is 171 Å². The van der Waals surface area contributed by atoms with E-state index in [0.717, 1.165) is 17.0 Å². The molecule has 0 bridgehead atoms. The van der Waals surface area contributed by atoms with E-state index in [1.54, 1.807) is 18.2 Å². The number of rotatable bonds is 2. The number of Topliss-reactive ketones (excluding diaryl/α,β-unsaturated/α-hetero) is 1. The van der Waals surface area contributed by atoms with Crippen LogP contribution in [-0.4, -0.2) is 53.7 Å². The topological polar surface area (TPSA) is 79.2 Å². The molecule has 1 unspecified atom stereocenters. The second kappa shape index (κ2) is 7.41. The van der Waals surface area contributed by atoms with Crippen molar-refractivity contribution in [3.8, 4) is 5.75 Å². The van der Waals surface area contributed by atoms with Crippen molar-refractivity contribution in [1.29, 1.82) is 0 Å². The summed E-state index contributed by atoms with van der Waals surface area (Å²) in [5.41, 5.74) is 2.81. The van der Waals surface area contributed by atoms with Gasteiger partial charge in [-0.05, 0) is 36.5 Å². The summed E-state index contributed by atoms with van der Waals surface area (Å²) in [6.07, 6.45) is 1.15. The number of carbonyl (C=O) groups is 2. The van der Waals surface area contributed by atoms with Gasteiger partial charge in [0, 0.05) is 42.4 Å². The number of ketones is 1. The Kier molecular flexibility index (Phi) is 5.07. The highest BCUT2D eigenvalue weighted by molar-refractivity contribution is 6.10. The Morgan fingerprint density at radius 1 is 1.24 bits per heavy atom. The normalized spacial score (nSPS) is 26.8. The molecule has 1 aliphatic carbocycles. The fraction of sp³-hybridized carbons (Fsp3) is 0.522. The number of ether oxygens (including phenoxy) is 1. The lowest BCUT2D eigenvalue weighted by Crippen LogP contribution is -2.48. The molecule has 1 fully saturated rings. The van der Waals surface area contributed by atoms with E-state index in [4.69, 9.17) is 9.73 Å². The molecule has 0 aromatic heterocycles. The summed E-state index contributed by atoms with van der Waals surface area (Å²) in [6, 6.07) is 6.92. The molecule has 1 aromatic carbocycles. The summed E-state index contributed by atoms with van der Waals surface area (Å²) in [4.78, 5) is 33.4. The van der Waals surface area contributed by atoms with Crippen LogP contribution < -0.4 is 0 Å². The molecule has 6 nitrogen and oxygen atoms in total. The maximum atomic E-state index is 13.5. The number of aliphatic imine (C=N–C) groups is 1. The van der Waals surface area contributed by atoms with E-state index in [2.05, 4.69) is 13.8 Å². The first kappa shape index (κ1) is 19.8. The van der Waals surface area contributed by atoms with Crippen molar-refractivity contribution < 1.29 is 19.4 Å². The van der Waals surface area contributed by atoms with E-state index in [0.29, 0.717) is 44.7 Å². The number of aromatic hydroxyl groups is 1. The van der Waals surface area contributed by atoms with E-state index in [-0.39, 0.29) is 22.9 Å². The molecule has 1 N–H and O–H groups in total. The van der Waals surface area contributed by atoms with Crippen LogP contribution >= 0.6 is 0 Å². The standard InChI is InChI=1S/C23H28N2O4/c1-14-19(22(28)25-7-9-29-10-8-25)20(15-5-4-6-16(26)11-15)21-17(24-14)12-23(2,3)13-18(21)27/h4-6,11,19-20,26H,7-10,12-13H2,1-3H3/t19?,20-/m0/s1. The van der Waals surface area contributed by atoms with Crippen LogP contribution in [0.2, 0.25) is 0 Å². The number of carbonyl (C=O) groups excluding carboxylic acids is 2. The Morgan fingerprint density at radius 2 is 1.97 bits per heavy atom. The van der Waals surface area contributed by atoms with Crippen LogP contribution in [-0.2, 0) is 14.3 Å². The number of phenolic OH excluding ortho intramolecular Hbond substituents is 1. The van der Waals surface area contributed by atoms with Gasteiger partial charge in [0.1, 0.15) is 5.75 Å². The van der Waals surface area contributed by atoms with Gasteiger partial charge in [-0.15, -0.1) is 0 Å². The second-order valence-electron chi connectivity index (χ2n) is 9.04. The number of benzene rings is 1. The molecular formula is C23H28N2O4. The summed E-state index contributed by atoms with van der Waals surface area (Å²) in [7, 11) is 0. The van der Waals surface area contributed by atoms with Crippen molar-refractivity contribution in [2.45, 2.75) is 39.5 Å². The second-order valence-corrected chi connectivity index (χ2v) is 9.04. The lowest BCUT2D eigenvalue weighted by atomic mass is 9.66. The molecule has 0 saturated carbocycles. The zero-order valence-corrected chi connectivity index (χ0v) is 17.3. The molecule has 0 radical (unpaired) electrons. The summed E-state index contributed by atoms with van der Waals surface area (Å²) >= 11 is 0. The minimum Gasteiger partial charge on any atom is -0.508 e. The molecule has 0 spiro atoms. The number of hydrogen-bond donors (Lipinski definition) is 1. The minimum absolute atomic E-state index is 0.0212. The number of hydrogen-bond acceptors (Lipinski definition) is 5. The highest BCUT2D eigenvalue weighted by atomic mass is 16.5. The lowest BCUT2D eigenvalue weighted by molar-refractivity contribution is -0.138. The van der Waals surface area contributed by atoms with Gasteiger partial charge in [0.25, 0.3) is 0 Å². The van der Waals surface area contributed by atoms with E-state index in [9.17, 15) is 14.7 Å². The third-order valence-electron chi connectivity index (χ3n) is 6.12. The highest BCUT2D eigenvalue weighted by Gasteiger charge is 2.46. The van der Waals surface area contributed by atoms with Gasteiger partial charge in [-0.1, -0.05) is 26.0 Å². The average Bonchev–Trinajstić information content (AvgIpc) is 2.66. The van der Waals surface area contributed by atoms with E-state index in [1.807, 2.05) is 17.9 Å². The first-order chi connectivity index (χ1) is 13.8. The summed E-state index contributed by atoms with van der Waals surface area (Å²) in [5, 5.41) is 10.1. The summed E-state index contributed by atoms with van der Waals surface area (Å²) in [6.45, 7) is 8.17. The SMILES string of the molecule is CC1=NC2=C(C(=O)CC(C)(C)C2)[C@@H](c2cccc(O)c2)C1C(=O)N1CCOCC1. The molecule has 1 amide bonds.